The lowest BCUT2D eigenvalue weighted by Crippen LogP contribution is -2.46. The van der Waals surface area contributed by atoms with Gasteiger partial charge in [-0.3, -0.25) is 9.69 Å². The molecule has 0 aliphatic carbocycles. The lowest BCUT2D eigenvalue weighted by Gasteiger charge is -2.30. The van der Waals surface area contributed by atoms with Crippen LogP contribution in [0.2, 0.25) is 0 Å². The second-order valence-corrected chi connectivity index (χ2v) is 7.12. The second-order valence-electron chi connectivity index (χ2n) is 7.12. The Morgan fingerprint density at radius 3 is 2.47 bits per heavy atom. The Balaban J connectivity index is 2.46. The fourth-order valence-corrected chi connectivity index (χ4v) is 2.86. The van der Waals surface area contributed by atoms with Crippen LogP contribution in [0, 0.1) is 11.3 Å². The molecular formula is C16H32N2O. The van der Waals surface area contributed by atoms with Crippen LogP contribution in [0.15, 0.2) is 0 Å². The Hall–Kier alpha value is -0.570. The molecule has 0 aromatic carbocycles. The fraction of sp³-hybridized carbons (Fsp3) is 0.938. The smallest absolute Gasteiger partial charge is 0.237 e. The van der Waals surface area contributed by atoms with E-state index in [1.54, 1.807) is 0 Å². The van der Waals surface area contributed by atoms with Gasteiger partial charge < -0.3 is 5.32 Å². The monoisotopic (exact) mass is 268 g/mol. The van der Waals surface area contributed by atoms with Gasteiger partial charge in [-0.1, -0.05) is 47.5 Å². The summed E-state index contributed by atoms with van der Waals surface area (Å²) in [4.78, 5) is 14.7. The molecule has 1 saturated heterocycles. The molecule has 0 bridgehead atoms. The highest BCUT2D eigenvalue weighted by atomic mass is 16.2. The summed E-state index contributed by atoms with van der Waals surface area (Å²) in [5, 5.41) is 3.16. The third kappa shape index (κ3) is 5.52. The molecule has 1 amide bonds. The van der Waals surface area contributed by atoms with Gasteiger partial charge in [-0.15, -0.1) is 0 Å². The SMILES string of the molecule is CCC(CC)CNC(=O)C1CCCN1CC(C)(C)C. The molecule has 0 aromatic heterocycles. The number of hydrogen-bond acceptors (Lipinski definition) is 2. The van der Waals surface area contributed by atoms with Crippen molar-refractivity contribution in [2.45, 2.75) is 66.3 Å². The lowest BCUT2D eigenvalue weighted by atomic mass is 9.95. The van der Waals surface area contributed by atoms with E-state index in [0.717, 1.165) is 45.3 Å². The van der Waals surface area contributed by atoms with Crippen molar-refractivity contribution >= 4 is 5.91 Å². The zero-order chi connectivity index (χ0) is 14.5. The van der Waals surface area contributed by atoms with Crippen LogP contribution in [0.25, 0.3) is 0 Å². The molecule has 0 saturated carbocycles. The average molecular weight is 268 g/mol. The molecular weight excluding hydrogens is 236 g/mol. The average Bonchev–Trinajstić information content (AvgIpc) is 2.75. The summed E-state index contributed by atoms with van der Waals surface area (Å²) in [7, 11) is 0. The first-order valence-corrected chi connectivity index (χ1v) is 7.89. The largest absolute Gasteiger partial charge is 0.354 e. The quantitative estimate of drug-likeness (QED) is 0.803. The number of likely N-dealkylation sites (tertiary alicyclic amines) is 1. The number of hydrogen-bond donors (Lipinski definition) is 1. The van der Waals surface area contributed by atoms with Crippen LogP contribution >= 0.6 is 0 Å². The minimum atomic E-state index is 0.105. The molecule has 1 rings (SSSR count). The highest BCUT2D eigenvalue weighted by Gasteiger charge is 2.32. The summed E-state index contributed by atoms with van der Waals surface area (Å²) in [5.41, 5.74) is 0.262. The Bertz CT molecular complexity index is 279. The van der Waals surface area contributed by atoms with Crippen molar-refractivity contribution in [2.24, 2.45) is 11.3 Å². The molecule has 1 fully saturated rings. The van der Waals surface area contributed by atoms with Crippen LogP contribution in [-0.4, -0.2) is 36.5 Å². The van der Waals surface area contributed by atoms with E-state index in [9.17, 15) is 4.79 Å². The molecule has 19 heavy (non-hydrogen) atoms. The summed E-state index contributed by atoms with van der Waals surface area (Å²) >= 11 is 0. The van der Waals surface area contributed by atoms with E-state index >= 15 is 0 Å². The summed E-state index contributed by atoms with van der Waals surface area (Å²) in [6.45, 7) is 14.0. The minimum absolute atomic E-state index is 0.105. The molecule has 1 heterocycles. The van der Waals surface area contributed by atoms with Crippen LogP contribution in [-0.2, 0) is 4.79 Å². The van der Waals surface area contributed by atoms with Gasteiger partial charge in [-0.05, 0) is 30.7 Å². The van der Waals surface area contributed by atoms with Gasteiger partial charge in [0.15, 0.2) is 0 Å². The Morgan fingerprint density at radius 1 is 1.32 bits per heavy atom. The minimum Gasteiger partial charge on any atom is -0.354 e. The van der Waals surface area contributed by atoms with Crippen molar-refractivity contribution < 1.29 is 4.79 Å². The second kappa shape index (κ2) is 7.28. The molecule has 0 spiro atoms. The number of carbonyl (C=O) groups is 1. The van der Waals surface area contributed by atoms with Gasteiger partial charge in [0.2, 0.25) is 5.91 Å². The van der Waals surface area contributed by atoms with E-state index < -0.39 is 0 Å². The van der Waals surface area contributed by atoms with Crippen LogP contribution in [0.5, 0.6) is 0 Å². The predicted molar refractivity (Wildman–Crippen MR) is 81.1 cm³/mol. The highest BCUT2D eigenvalue weighted by Crippen LogP contribution is 2.23. The van der Waals surface area contributed by atoms with Crippen molar-refractivity contribution in [1.82, 2.24) is 10.2 Å². The van der Waals surface area contributed by atoms with Crippen LogP contribution in [0.4, 0.5) is 0 Å². The molecule has 1 N–H and O–H groups in total. The molecule has 1 atom stereocenters. The fourth-order valence-electron chi connectivity index (χ4n) is 2.86. The lowest BCUT2D eigenvalue weighted by molar-refractivity contribution is -0.126. The first-order chi connectivity index (χ1) is 8.87. The van der Waals surface area contributed by atoms with Gasteiger partial charge in [0, 0.05) is 13.1 Å². The molecule has 112 valence electrons. The van der Waals surface area contributed by atoms with Crippen molar-refractivity contribution in [1.29, 1.82) is 0 Å². The number of nitrogens with one attached hydrogen (secondary N) is 1. The Labute approximate surface area is 119 Å². The van der Waals surface area contributed by atoms with Crippen molar-refractivity contribution in [3.8, 4) is 0 Å². The van der Waals surface area contributed by atoms with Gasteiger partial charge in [0.05, 0.1) is 6.04 Å². The zero-order valence-electron chi connectivity index (χ0n) is 13.5. The summed E-state index contributed by atoms with van der Waals surface area (Å²) < 4.78 is 0. The molecule has 0 aromatic rings. The summed E-state index contributed by atoms with van der Waals surface area (Å²) in [5.74, 6) is 0.870. The van der Waals surface area contributed by atoms with E-state index in [1.807, 2.05) is 0 Å². The highest BCUT2D eigenvalue weighted by molar-refractivity contribution is 5.82. The third-order valence-electron chi connectivity index (χ3n) is 4.06. The van der Waals surface area contributed by atoms with Gasteiger partial charge in [0.25, 0.3) is 0 Å². The van der Waals surface area contributed by atoms with Gasteiger partial charge >= 0.3 is 0 Å². The van der Waals surface area contributed by atoms with Gasteiger partial charge in [-0.25, -0.2) is 0 Å². The van der Waals surface area contributed by atoms with E-state index in [4.69, 9.17) is 0 Å². The Kier molecular flexibility index (Phi) is 6.31. The number of rotatable bonds is 6. The number of nitrogens with zero attached hydrogens (tertiary/aromatic N) is 1. The molecule has 1 aliphatic heterocycles. The molecule has 3 heteroatoms. The van der Waals surface area contributed by atoms with Crippen LogP contribution in [0.1, 0.15) is 60.3 Å². The van der Waals surface area contributed by atoms with E-state index in [-0.39, 0.29) is 17.4 Å². The number of carbonyl (C=O) groups excluding carboxylic acids is 1. The van der Waals surface area contributed by atoms with Crippen LogP contribution < -0.4 is 5.32 Å². The standard InChI is InChI=1S/C16H32N2O/c1-6-13(7-2)11-17-15(19)14-9-8-10-18(14)12-16(3,4)5/h13-14H,6-12H2,1-5H3,(H,17,19). The summed E-state index contributed by atoms with van der Waals surface area (Å²) in [6.07, 6.45) is 4.46. The summed E-state index contributed by atoms with van der Waals surface area (Å²) in [6, 6.07) is 0.105. The Morgan fingerprint density at radius 2 is 1.95 bits per heavy atom. The van der Waals surface area contributed by atoms with Gasteiger partial charge in [0.1, 0.15) is 0 Å². The maximum absolute atomic E-state index is 12.3. The van der Waals surface area contributed by atoms with Crippen molar-refractivity contribution in [2.75, 3.05) is 19.6 Å². The topological polar surface area (TPSA) is 32.3 Å². The molecule has 1 unspecified atom stereocenters. The normalized spacial score (nSPS) is 21.1. The van der Waals surface area contributed by atoms with Crippen LogP contribution in [0.3, 0.4) is 0 Å². The maximum Gasteiger partial charge on any atom is 0.237 e. The molecule has 0 radical (unpaired) electrons. The predicted octanol–water partition coefficient (Wildman–Crippen LogP) is 3.05. The van der Waals surface area contributed by atoms with Crippen molar-refractivity contribution in [3.63, 3.8) is 0 Å². The third-order valence-corrected chi connectivity index (χ3v) is 4.06. The van der Waals surface area contributed by atoms with E-state index in [2.05, 4.69) is 44.8 Å². The first kappa shape index (κ1) is 16.5. The number of amides is 1. The zero-order valence-corrected chi connectivity index (χ0v) is 13.5. The maximum atomic E-state index is 12.3. The first-order valence-electron chi connectivity index (χ1n) is 7.89. The van der Waals surface area contributed by atoms with E-state index in [0.29, 0.717) is 5.92 Å². The van der Waals surface area contributed by atoms with Gasteiger partial charge in [-0.2, -0.15) is 0 Å². The molecule has 1 aliphatic rings. The molecule has 3 nitrogen and oxygen atoms in total. The van der Waals surface area contributed by atoms with E-state index in [1.165, 1.54) is 0 Å². The van der Waals surface area contributed by atoms with Crippen molar-refractivity contribution in [3.05, 3.63) is 0 Å².